The van der Waals surface area contributed by atoms with Crippen LogP contribution in [0.25, 0.3) is 0 Å². The molecule has 0 atom stereocenters. The predicted octanol–water partition coefficient (Wildman–Crippen LogP) is 1.96. The molecule has 3 heteroatoms. The molecule has 14 heavy (non-hydrogen) atoms. The lowest BCUT2D eigenvalue weighted by Crippen LogP contribution is -2.24. The van der Waals surface area contributed by atoms with Crippen molar-refractivity contribution < 1.29 is 4.74 Å². The van der Waals surface area contributed by atoms with Crippen molar-refractivity contribution in [1.29, 1.82) is 0 Å². The van der Waals surface area contributed by atoms with Gasteiger partial charge in [-0.3, -0.25) is 9.98 Å². The maximum Gasteiger partial charge on any atom is 0.0558 e. The van der Waals surface area contributed by atoms with Crippen LogP contribution in [0.1, 0.15) is 26.7 Å². The number of hydrogen-bond donors (Lipinski definition) is 0. The molecule has 0 spiro atoms. The second kappa shape index (κ2) is 6.71. The molecule has 0 amide bonds. The highest BCUT2D eigenvalue weighted by atomic mass is 16.5. The van der Waals surface area contributed by atoms with E-state index in [-0.39, 0.29) is 0 Å². The molecule has 0 radical (unpaired) electrons. The summed E-state index contributed by atoms with van der Waals surface area (Å²) >= 11 is 0. The van der Waals surface area contributed by atoms with Gasteiger partial charge < -0.3 is 4.74 Å². The highest BCUT2D eigenvalue weighted by Gasteiger charge is 2.17. The van der Waals surface area contributed by atoms with Crippen LogP contribution in [0.15, 0.2) is 9.98 Å². The van der Waals surface area contributed by atoms with Gasteiger partial charge in [0.15, 0.2) is 0 Å². The molecular weight excluding hydrogens is 176 g/mol. The monoisotopic (exact) mass is 196 g/mol. The van der Waals surface area contributed by atoms with Crippen LogP contribution < -0.4 is 0 Å². The Morgan fingerprint density at radius 2 is 2.00 bits per heavy atom. The minimum absolute atomic E-state index is 0.569. The summed E-state index contributed by atoms with van der Waals surface area (Å²) < 4.78 is 5.33. The van der Waals surface area contributed by atoms with Crippen LogP contribution in [0.5, 0.6) is 0 Å². The second-order valence-corrected chi connectivity index (χ2v) is 3.41. The minimum atomic E-state index is 0.569. The van der Waals surface area contributed by atoms with Crippen LogP contribution in [0, 0.1) is 5.92 Å². The van der Waals surface area contributed by atoms with Gasteiger partial charge in [-0.15, -0.1) is 0 Å². The first-order valence-corrected chi connectivity index (χ1v) is 5.50. The summed E-state index contributed by atoms with van der Waals surface area (Å²) in [6.07, 6.45) is 4.13. The first-order chi connectivity index (χ1) is 6.88. The number of hydrogen-bond acceptors (Lipinski definition) is 3. The summed E-state index contributed by atoms with van der Waals surface area (Å²) in [5.74, 6) is 0.569. The third-order valence-electron chi connectivity index (χ3n) is 2.39. The summed E-state index contributed by atoms with van der Waals surface area (Å²) in [6.45, 7) is 7.54. The standard InChI is InChI=1S/C11H20N2O/c1-3-12-9-11(13-4-2)10-5-7-14-8-6-10/h9-10H,3-8H2,1-2H3. The lowest BCUT2D eigenvalue weighted by atomic mass is 9.95. The van der Waals surface area contributed by atoms with Gasteiger partial charge in [-0.05, 0) is 26.7 Å². The number of rotatable bonds is 4. The van der Waals surface area contributed by atoms with Crippen LogP contribution in [-0.2, 0) is 4.74 Å². The highest BCUT2D eigenvalue weighted by molar-refractivity contribution is 6.31. The fourth-order valence-electron chi connectivity index (χ4n) is 1.64. The molecule has 0 saturated carbocycles. The molecule has 0 aliphatic carbocycles. The third-order valence-corrected chi connectivity index (χ3v) is 2.39. The molecule has 0 bridgehead atoms. The van der Waals surface area contributed by atoms with Gasteiger partial charge in [0.25, 0.3) is 0 Å². The molecule has 0 aromatic carbocycles. The van der Waals surface area contributed by atoms with Crippen LogP contribution in [0.2, 0.25) is 0 Å². The molecule has 1 rings (SSSR count). The van der Waals surface area contributed by atoms with Crippen LogP contribution >= 0.6 is 0 Å². The molecule has 0 aromatic rings. The number of aliphatic imine (C=N–C) groups is 2. The van der Waals surface area contributed by atoms with Gasteiger partial charge in [-0.1, -0.05) is 0 Å². The lowest BCUT2D eigenvalue weighted by Gasteiger charge is -2.21. The molecule has 1 heterocycles. The molecule has 80 valence electrons. The number of nitrogens with zero attached hydrogens (tertiary/aromatic N) is 2. The van der Waals surface area contributed by atoms with Gasteiger partial charge in [0.1, 0.15) is 0 Å². The fraction of sp³-hybridized carbons (Fsp3) is 0.818. The van der Waals surface area contributed by atoms with E-state index >= 15 is 0 Å². The Morgan fingerprint density at radius 1 is 1.29 bits per heavy atom. The van der Waals surface area contributed by atoms with Gasteiger partial charge in [0, 0.05) is 38.4 Å². The average molecular weight is 196 g/mol. The molecule has 1 aliphatic heterocycles. The summed E-state index contributed by atoms with van der Waals surface area (Å²) in [7, 11) is 0. The van der Waals surface area contributed by atoms with Crippen molar-refractivity contribution in [3.05, 3.63) is 0 Å². The van der Waals surface area contributed by atoms with E-state index in [4.69, 9.17) is 4.74 Å². The van der Waals surface area contributed by atoms with E-state index in [0.717, 1.165) is 44.9 Å². The maximum absolute atomic E-state index is 5.33. The predicted molar refractivity (Wildman–Crippen MR) is 60.6 cm³/mol. The van der Waals surface area contributed by atoms with Crippen molar-refractivity contribution in [2.45, 2.75) is 26.7 Å². The number of ether oxygens (including phenoxy) is 1. The van der Waals surface area contributed by atoms with Gasteiger partial charge >= 0.3 is 0 Å². The Hall–Kier alpha value is -0.700. The quantitative estimate of drug-likeness (QED) is 0.633. The third kappa shape index (κ3) is 3.58. The Kier molecular flexibility index (Phi) is 5.45. The van der Waals surface area contributed by atoms with Crippen molar-refractivity contribution in [2.75, 3.05) is 26.3 Å². The molecule has 1 saturated heterocycles. The first kappa shape index (κ1) is 11.4. The smallest absolute Gasteiger partial charge is 0.0558 e. The second-order valence-electron chi connectivity index (χ2n) is 3.41. The van der Waals surface area contributed by atoms with Crippen molar-refractivity contribution in [2.24, 2.45) is 15.9 Å². The van der Waals surface area contributed by atoms with E-state index in [1.165, 1.54) is 0 Å². The molecule has 3 nitrogen and oxygen atoms in total. The zero-order chi connectivity index (χ0) is 10.2. The topological polar surface area (TPSA) is 34.0 Å². The maximum atomic E-state index is 5.33. The van der Waals surface area contributed by atoms with E-state index in [2.05, 4.69) is 16.9 Å². The van der Waals surface area contributed by atoms with E-state index in [9.17, 15) is 0 Å². The first-order valence-electron chi connectivity index (χ1n) is 5.50. The van der Waals surface area contributed by atoms with Crippen molar-refractivity contribution in [3.63, 3.8) is 0 Å². The minimum Gasteiger partial charge on any atom is -0.381 e. The van der Waals surface area contributed by atoms with Crippen LogP contribution in [0.3, 0.4) is 0 Å². The van der Waals surface area contributed by atoms with E-state index < -0.39 is 0 Å². The van der Waals surface area contributed by atoms with E-state index in [1.807, 2.05) is 13.1 Å². The van der Waals surface area contributed by atoms with Crippen molar-refractivity contribution >= 4 is 11.9 Å². The zero-order valence-electron chi connectivity index (χ0n) is 9.20. The molecular formula is C11H20N2O. The largest absolute Gasteiger partial charge is 0.381 e. The molecule has 0 aromatic heterocycles. The Balaban J connectivity index is 2.56. The Labute approximate surface area is 86.3 Å². The summed E-state index contributed by atoms with van der Waals surface area (Å²) in [4.78, 5) is 8.77. The van der Waals surface area contributed by atoms with Crippen molar-refractivity contribution in [3.8, 4) is 0 Å². The average Bonchev–Trinajstić information content (AvgIpc) is 2.25. The van der Waals surface area contributed by atoms with Gasteiger partial charge in [-0.25, -0.2) is 0 Å². The fourth-order valence-corrected chi connectivity index (χ4v) is 1.64. The van der Waals surface area contributed by atoms with Crippen molar-refractivity contribution in [1.82, 2.24) is 0 Å². The van der Waals surface area contributed by atoms with Gasteiger partial charge in [0.2, 0.25) is 0 Å². The highest BCUT2D eigenvalue weighted by Crippen LogP contribution is 2.15. The van der Waals surface area contributed by atoms with Crippen LogP contribution in [0.4, 0.5) is 0 Å². The van der Waals surface area contributed by atoms with Gasteiger partial charge in [-0.2, -0.15) is 0 Å². The Bertz CT molecular complexity index is 205. The molecule has 0 N–H and O–H groups in total. The summed E-state index contributed by atoms with van der Waals surface area (Å²) in [6, 6.07) is 0. The lowest BCUT2D eigenvalue weighted by molar-refractivity contribution is 0.0832. The summed E-state index contributed by atoms with van der Waals surface area (Å²) in [5.41, 5.74) is 1.16. The summed E-state index contributed by atoms with van der Waals surface area (Å²) in [5, 5.41) is 0. The normalized spacial score (nSPS) is 20.6. The molecule has 1 aliphatic rings. The van der Waals surface area contributed by atoms with Gasteiger partial charge in [0.05, 0.1) is 5.71 Å². The van der Waals surface area contributed by atoms with E-state index in [1.54, 1.807) is 0 Å². The molecule has 1 fully saturated rings. The zero-order valence-corrected chi connectivity index (χ0v) is 9.20. The Morgan fingerprint density at radius 3 is 2.57 bits per heavy atom. The van der Waals surface area contributed by atoms with Crippen LogP contribution in [-0.4, -0.2) is 38.2 Å². The van der Waals surface area contributed by atoms with E-state index in [0.29, 0.717) is 5.92 Å². The molecule has 0 unspecified atom stereocenters. The SMILES string of the molecule is CCN=CC(=NCC)C1CCOCC1.